The Hall–Kier alpha value is -0.150. The van der Waals surface area contributed by atoms with Crippen molar-refractivity contribution in [3.63, 3.8) is 0 Å². The number of hydrogen-bond acceptors (Lipinski definition) is 2. The van der Waals surface area contributed by atoms with Crippen molar-refractivity contribution in [3.05, 3.63) is 0 Å². The summed E-state index contributed by atoms with van der Waals surface area (Å²) < 4.78 is 12.8. The standard InChI is InChI=1S/C9H19FN2/c1-7(10)12-6-8(5-11-12)9(2,3)4/h7-8,11H,5-6H2,1-4H3. The molecule has 0 aromatic heterocycles. The minimum absolute atomic E-state index is 0.274. The quantitative estimate of drug-likeness (QED) is 0.610. The fourth-order valence-electron chi connectivity index (χ4n) is 1.45. The second kappa shape index (κ2) is 3.30. The zero-order valence-corrected chi connectivity index (χ0v) is 8.39. The van der Waals surface area contributed by atoms with Gasteiger partial charge in [0.15, 0.2) is 6.30 Å². The van der Waals surface area contributed by atoms with Gasteiger partial charge in [0, 0.05) is 13.1 Å². The van der Waals surface area contributed by atoms with Gasteiger partial charge in [-0.15, -0.1) is 0 Å². The van der Waals surface area contributed by atoms with E-state index in [9.17, 15) is 4.39 Å². The maximum atomic E-state index is 12.8. The molecule has 72 valence electrons. The highest BCUT2D eigenvalue weighted by Gasteiger charge is 2.33. The molecule has 1 N–H and O–H groups in total. The first-order valence-corrected chi connectivity index (χ1v) is 4.55. The minimum Gasteiger partial charge on any atom is -0.252 e. The summed E-state index contributed by atoms with van der Waals surface area (Å²) in [5, 5.41) is 1.68. The van der Waals surface area contributed by atoms with Gasteiger partial charge in [0.05, 0.1) is 0 Å². The smallest absolute Gasteiger partial charge is 0.163 e. The number of alkyl halides is 1. The molecule has 0 aromatic rings. The highest BCUT2D eigenvalue weighted by atomic mass is 19.1. The molecule has 1 aliphatic heterocycles. The molecular weight excluding hydrogens is 155 g/mol. The topological polar surface area (TPSA) is 15.3 Å². The van der Waals surface area contributed by atoms with Crippen LogP contribution in [0.2, 0.25) is 0 Å². The predicted molar refractivity (Wildman–Crippen MR) is 48.2 cm³/mol. The van der Waals surface area contributed by atoms with Crippen LogP contribution in [0.3, 0.4) is 0 Å². The molecule has 2 atom stereocenters. The van der Waals surface area contributed by atoms with Crippen LogP contribution in [0.25, 0.3) is 0 Å². The van der Waals surface area contributed by atoms with Crippen molar-refractivity contribution in [2.45, 2.75) is 34.0 Å². The molecule has 12 heavy (non-hydrogen) atoms. The molecular formula is C9H19FN2. The summed E-state index contributed by atoms with van der Waals surface area (Å²) in [4.78, 5) is 0. The first-order chi connectivity index (χ1) is 5.41. The van der Waals surface area contributed by atoms with E-state index in [2.05, 4.69) is 26.2 Å². The van der Waals surface area contributed by atoms with E-state index in [4.69, 9.17) is 0 Å². The van der Waals surface area contributed by atoms with Crippen molar-refractivity contribution in [2.75, 3.05) is 13.1 Å². The Morgan fingerprint density at radius 2 is 2.08 bits per heavy atom. The van der Waals surface area contributed by atoms with Crippen molar-refractivity contribution >= 4 is 0 Å². The van der Waals surface area contributed by atoms with Crippen LogP contribution in [0, 0.1) is 11.3 Å². The molecule has 0 bridgehead atoms. The molecule has 0 aliphatic carbocycles. The largest absolute Gasteiger partial charge is 0.252 e. The van der Waals surface area contributed by atoms with Gasteiger partial charge in [0.1, 0.15) is 0 Å². The molecule has 2 unspecified atom stereocenters. The third kappa shape index (κ3) is 2.17. The molecule has 3 heteroatoms. The minimum atomic E-state index is -0.877. The van der Waals surface area contributed by atoms with Gasteiger partial charge in [0.2, 0.25) is 0 Å². The number of hydrazine groups is 1. The number of rotatable bonds is 1. The van der Waals surface area contributed by atoms with Crippen molar-refractivity contribution in [3.8, 4) is 0 Å². The summed E-state index contributed by atoms with van der Waals surface area (Å²) in [6.45, 7) is 9.89. The molecule has 0 radical (unpaired) electrons. The average molecular weight is 174 g/mol. The van der Waals surface area contributed by atoms with Crippen LogP contribution < -0.4 is 5.43 Å². The second-order valence-corrected chi connectivity index (χ2v) is 4.65. The maximum Gasteiger partial charge on any atom is 0.163 e. The molecule has 1 fully saturated rings. The van der Waals surface area contributed by atoms with Gasteiger partial charge in [-0.25, -0.2) is 9.40 Å². The number of nitrogens with one attached hydrogen (secondary N) is 1. The maximum absolute atomic E-state index is 12.8. The summed E-state index contributed by atoms with van der Waals surface area (Å²) >= 11 is 0. The fourth-order valence-corrected chi connectivity index (χ4v) is 1.45. The first kappa shape index (κ1) is 9.93. The van der Waals surface area contributed by atoms with Crippen LogP contribution in [0.5, 0.6) is 0 Å². The summed E-state index contributed by atoms with van der Waals surface area (Å²) in [5.41, 5.74) is 3.35. The van der Waals surface area contributed by atoms with Crippen LogP contribution in [0.15, 0.2) is 0 Å². The van der Waals surface area contributed by atoms with Crippen LogP contribution >= 0.6 is 0 Å². The van der Waals surface area contributed by atoms with Crippen molar-refractivity contribution < 1.29 is 4.39 Å². The predicted octanol–water partition coefficient (Wildman–Crippen LogP) is 1.78. The second-order valence-electron chi connectivity index (χ2n) is 4.65. The molecule has 1 aliphatic rings. The van der Waals surface area contributed by atoms with Gasteiger partial charge in [-0.1, -0.05) is 20.8 Å². The van der Waals surface area contributed by atoms with Gasteiger partial charge in [0.25, 0.3) is 0 Å². The molecule has 0 amide bonds. The van der Waals surface area contributed by atoms with E-state index in [0.717, 1.165) is 13.1 Å². The van der Waals surface area contributed by atoms with Gasteiger partial charge >= 0.3 is 0 Å². The Balaban J connectivity index is 2.46. The number of hydrogen-bond donors (Lipinski definition) is 1. The van der Waals surface area contributed by atoms with E-state index in [-0.39, 0.29) is 5.41 Å². The van der Waals surface area contributed by atoms with Crippen molar-refractivity contribution in [1.29, 1.82) is 0 Å². The molecule has 0 aromatic carbocycles. The normalized spacial score (nSPS) is 29.2. The SMILES string of the molecule is CC(F)N1CC(C(C)(C)C)CN1. The van der Waals surface area contributed by atoms with E-state index in [1.54, 1.807) is 11.9 Å². The first-order valence-electron chi connectivity index (χ1n) is 4.55. The Bertz CT molecular complexity index is 151. The average Bonchev–Trinajstić information content (AvgIpc) is 2.30. The molecule has 0 spiro atoms. The van der Waals surface area contributed by atoms with E-state index >= 15 is 0 Å². The van der Waals surface area contributed by atoms with E-state index in [1.165, 1.54) is 0 Å². The lowest BCUT2D eigenvalue weighted by atomic mass is 9.81. The van der Waals surface area contributed by atoms with Gasteiger partial charge in [-0.3, -0.25) is 5.43 Å². The van der Waals surface area contributed by atoms with E-state index < -0.39 is 6.30 Å². The monoisotopic (exact) mass is 174 g/mol. The summed E-state index contributed by atoms with van der Waals surface area (Å²) in [5.74, 6) is 0.552. The molecule has 0 saturated carbocycles. The number of nitrogens with zero attached hydrogens (tertiary/aromatic N) is 1. The lowest BCUT2D eigenvalue weighted by Gasteiger charge is -2.26. The Morgan fingerprint density at radius 1 is 1.50 bits per heavy atom. The van der Waals surface area contributed by atoms with E-state index in [0.29, 0.717) is 5.92 Å². The van der Waals surface area contributed by atoms with Crippen molar-refractivity contribution in [1.82, 2.24) is 10.4 Å². The molecule has 1 heterocycles. The zero-order chi connectivity index (χ0) is 9.35. The van der Waals surface area contributed by atoms with Crippen LogP contribution in [0.4, 0.5) is 4.39 Å². The Labute approximate surface area is 74.1 Å². The summed E-state index contributed by atoms with van der Waals surface area (Å²) in [6, 6.07) is 0. The van der Waals surface area contributed by atoms with Gasteiger partial charge in [-0.2, -0.15) is 0 Å². The highest BCUT2D eigenvalue weighted by Crippen LogP contribution is 2.29. The lowest BCUT2D eigenvalue weighted by Crippen LogP contribution is -2.36. The third-order valence-electron chi connectivity index (χ3n) is 2.61. The summed E-state index contributed by atoms with van der Waals surface area (Å²) in [7, 11) is 0. The van der Waals surface area contributed by atoms with Gasteiger partial charge in [-0.05, 0) is 18.3 Å². The summed E-state index contributed by atoms with van der Waals surface area (Å²) in [6.07, 6.45) is -0.877. The number of halogens is 1. The van der Waals surface area contributed by atoms with Crippen LogP contribution in [-0.2, 0) is 0 Å². The molecule has 1 rings (SSSR count). The third-order valence-corrected chi connectivity index (χ3v) is 2.61. The van der Waals surface area contributed by atoms with Gasteiger partial charge < -0.3 is 0 Å². The fraction of sp³-hybridized carbons (Fsp3) is 1.00. The lowest BCUT2D eigenvalue weighted by molar-refractivity contribution is 0.0722. The Kier molecular flexibility index (Phi) is 2.74. The Morgan fingerprint density at radius 3 is 2.33 bits per heavy atom. The molecule has 2 nitrogen and oxygen atoms in total. The van der Waals surface area contributed by atoms with E-state index in [1.807, 2.05) is 0 Å². The zero-order valence-electron chi connectivity index (χ0n) is 8.39. The van der Waals surface area contributed by atoms with Crippen LogP contribution in [-0.4, -0.2) is 24.4 Å². The van der Waals surface area contributed by atoms with Crippen LogP contribution in [0.1, 0.15) is 27.7 Å². The highest BCUT2D eigenvalue weighted by molar-refractivity contribution is 4.82. The molecule has 1 saturated heterocycles. The van der Waals surface area contributed by atoms with Crippen molar-refractivity contribution in [2.24, 2.45) is 11.3 Å².